The number of ether oxygens (including phenoxy) is 4. The summed E-state index contributed by atoms with van der Waals surface area (Å²) in [6.07, 6.45) is 3.62. The third kappa shape index (κ3) is 5.76. The molecule has 0 radical (unpaired) electrons. The van der Waals surface area contributed by atoms with E-state index in [9.17, 15) is 9.59 Å². The lowest BCUT2D eigenvalue weighted by molar-refractivity contribution is -0.118. The predicted octanol–water partition coefficient (Wildman–Crippen LogP) is 3.30. The Morgan fingerprint density at radius 2 is 1.57 bits per heavy atom. The lowest BCUT2D eigenvalue weighted by Crippen LogP contribution is -2.23. The molecule has 2 aromatic rings. The Balaban J connectivity index is 2.39. The first-order valence-electron chi connectivity index (χ1n) is 9.37. The molecule has 0 aromatic heterocycles. The van der Waals surface area contributed by atoms with Crippen molar-refractivity contribution in [3.05, 3.63) is 53.1 Å². The van der Waals surface area contributed by atoms with Gasteiger partial charge in [-0.3, -0.25) is 9.59 Å². The average Bonchev–Trinajstić information content (AvgIpc) is 2.76. The van der Waals surface area contributed by atoms with Crippen molar-refractivity contribution >= 4 is 17.8 Å². The third-order valence-corrected chi connectivity index (χ3v) is 4.49. The molecule has 2 rings (SSSR count). The first-order valence-corrected chi connectivity index (χ1v) is 9.37. The van der Waals surface area contributed by atoms with Crippen LogP contribution in [-0.2, 0) is 11.2 Å². The van der Waals surface area contributed by atoms with Crippen molar-refractivity contribution in [2.75, 3.05) is 35.0 Å². The van der Waals surface area contributed by atoms with Crippen molar-refractivity contribution in [2.45, 2.75) is 13.3 Å². The zero-order valence-electron chi connectivity index (χ0n) is 17.9. The van der Waals surface area contributed by atoms with Crippen LogP contribution < -0.4 is 24.3 Å². The largest absolute Gasteiger partial charge is 0.497 e. The molecule has 0 aliphatic carbocycles. The molecule has 1 N–H and O–H groups in total. The smallest absolute Gasteiger partial charge is 0.216 e. The molecule has 30 heavy (non-hydrogen) atoms. The SMILES string of the molecule is COc1ccc(OC)c(/C=C/C(=O)c2cc(OC)c(OC)cc2CCNC(C)=O)c1. The molecule has 0 bridgehead atoms. The summed E-state index contributed by atoms with van der Waals surface area (Å²) < 4.78 is 21.3. The van der Waals surface area contributed by atoms with Crippen LogP contribution in [0.25, 0.3) is 6.08 Å². The molecule has 1 amide bonds. The minimum absolute atomic E-state index is 0.131. The fourth-order valence-electron chi connectivity index (χ4n) is 2.96. The number of carbonyl (C=O) groups is 2. The summed E-state index contributed by atoms with van der Waals surface area (Å²) in [7, 11) is 6.19. The number of benzene rings is 2. The first-order chi connectivity index (χ1) is 14.4. The van der Waals surface area contributed by atoms with Gasteiger partial charge in [-0.2, -0.15) is 0 Å². The third-order valence-electron chi connectivity index (χ3n) is 4.49. The maximum absolute atomic E-state index is 13.0. The summed E-state index contributed by atoms with van der Waals surface area (Å²) in [6, 6.07) is 8.75. The van der Waals surface area contributed by atoms with E-state index in [1.807, 2.05) is 0 Å². The zero-order chi connectivity index (χ0) is 22.1. The Hall–Kier alpha value is -3.48. The van der Waals surface area contributed by atoms with E-state index in [0.29, 0.717) is 47.1 Å². The van der Waals surface area contributed by atoms with Crippen molar-refractivity contribution in [3.8, 4) is 23.0 Å². The van der Waals surface area contributed by atoms with Crippen molar-refractivity contribution in [3.63, 3.8) is 0 Å². The van der Waals surface area contributed by atoms with E-state index >= 15 is 0 Å². The highest BCUT2D eigenvalue weighted by atomic mass is 16.5. The summed E-state index contributed by atoms with van der Waals surface area (Å²) >= 11 is 0. The quantitative estimate of drug-likeness (QED) is 0.475. The number of carbonyl (C=O) groups excluding carboxylic acids is 2. The van der Waals surface area contributed by atoms with E-state index in [1.54, 1.807) is 50.6 Å². The number of rotatable bonds is 10. The maximum Gasteiger partial charge on any atom is 0.216 e. The van der Waals surface area contributed by atoms with Crippen molar-refractivity contribution in [1.29, 1.82) is 0 Å². The van der Waals surface area contributed by atoms with Crippen LogP contribution in [0.4, 0.5) is 0 Å². The Labute approximate surface area is 176 Å². The number of hydrogen-bond donors (Lipinski definition) is 1. The molecule has 0 heterocycles. The van der Waals surface area contributed by atoms with Gasteiger partial charge in [0.2, 0.25) is 5.91 Å². The molecule has 0 fully saturated rings. The van der Waals surface area contributed by atoms with Gasteiger partial charge in [-0.05, 0) is 54.5 Å². The minimum Gasteiger partial charge on any atom is -0.497 e. The van der Waals surface area contributed by atoms with Gasteiger partial charge in [-0.15, -0.1) is 0 Å². The highest BCUT2D eigenvalue weighted by Crippen LogP contribution is 2.32. The normalized spacial score (nSPS) is 10.6. The van der Waals surface area contributed by atoms with Crippen molar-refractivity contribution in [1.82, 2.24) is 5.32 Å². The summed E-state index contributed by atoms with van der Waals surface area (Å²) in [6.45, 7) is 1.85. The molecule has 0 saturated heterocycles. The van der Waals surface area contributed by atoms with Gasteiger partial charge < -0.3 is 24.3 Å². The van der Waals surface area contributed by atoms with Gasteiger partial charge in [0, 0.05) is 24.6 Å². The fraction of sp³-hybridized carbons (Fsp3) is 0.304. The number of nitrogens with one attached hydrogen (secondary N) is 1. The van der Waals surface area contributed by atoms with Gasteiger partial charge in [-0.1, -0.05) is 0 Å². The van der Waals surface area contributed by atoms with Gasteiger partial charge in [0.1, 0.15) is 11.5 Å². The summed E-state index contributed by atoms with van der Waals surface area (Å²) in [5.41, 5.74) is 1.93. The molecule has 0 atom stereocenters. The summed E-state index contributed by atoms with van der Waals surface area (Å²) in [4.78, 5) is 24.2. The Morgan fingerprint density at radius 3 is 2.17 bits per heavy atom. The number of amides is 1. The molecular weight excluding hydrogens is 386 g/mol. The molecule has 0 unspecified atom stereocenters. The molecule has 7 heteroatoms. The standard InChI is InChI=1S/C23H27NO6/c1-15(25)24-11-10-16-13-22(29-4)23(30-5)14-19(16)20(26)8-6-17-12-18(27-2)7-9-21(17)28-3/h6-9,12-14H,10-11H2,1-5H3,(H,24,25)/b8-6+. The van der Waals surface area contributed by atoms with Crippen LogP contribution in [0.5, 0.6) is 23.0 Å². The predicted molar refractivity (Wildman–Crippen MR) is 115 cm³/mol. The van der Waals surface area contributed by atoms with Crippen LogP contribution in [0.15, 0.2) is 36.4 Å². The van der Waals surface area contributed by atoms with Crippen molar-refractivity contribution < 1.29 is 28.5 Å². The first kappa shape index (κ1) is 22.8. The summed E-state index contributed by atoms with van der Waals surface area (Å²) in [5.74, 6) is 1.91. The Bertz CT molecular complexity index is 936. The fourth-order valence-corrected chi connectivity index (χ4v) is 2.96. The molecule has 7 nitrogen and oxygen atoms in total. The minimum atomic E-state index is -0.210. The average molecular weight is 413 g/mol. The number of allylic oxidation sites excluding steroid dienone is 1. The molecule has 2 aromatic carbocycles. The Kier molecular flexibility index (Phi) is 8.29. The monoisotopic (exact) mass is 413 g/mol. The molecule has 0 aliphatic rings. The van der Waals surface area contributed by atoms with E-state index < -0.39 is 0 Å². The van der Waals surface area contributed by atoms with Gasteiger partial charge in [0.15, 0.2) is 17.3 Å². The van der Waals surface area contributed by atoms with Crippen LogP contribution in [0.2, 0.25) is 0 Å². The van der Waals surface area contributed by atoms with Crippen LogP contribution >= 0.6 is 0 Å². The van der Waals surface area contributed by atoms with Crippen LogP contribution in [-0.4, -0.2) is 46.7 Å². The number of methoxy groups -OCH3 is 4. The highest BCUT2D eigenvalue weighted by molar-refractivity contribution is 6.08. The molecule has 160 valence electrons. The Morgan fingerprint density at radius 1 is 0.900 bits per heavy atom. The maximum atomic E-state index is 13.0. The lowest BCUT2D eigenvalue weighted by Gasteiger charge is -2.14. The van der Waals surface area contributed by atoms with E-state index in [-0.39, 0.29) is 11.7 Å². The van der Waals surface area contributed by atoms with Gasteiger partial charge >= 0.3 is 0 Å². The second-order valence-electron chi connectivity index (χ2n) is 6.40. The number of hydrogen-bond acceptors (Lipinski definition) is 6. The van der Waals surface area contributed by atoms with E-state index in [1.165, 1.54) is 27.2 Å². The number of ketones is 1. The molecule has 0 spiro atoms. The van der Waals surface area contributed by atoms with E-state index in [2.05, 4.69) is 5.32 Å². The van der Waals surface area contributed by atoms with Gasteiger partial charge in [0.25, 0.3) is 0 Å². The second kappa shape index (κ2) is 10.9. The second-order valence-corrected chi connectivity index (χ2v) is 6.40. The van der Waals surface area contributed by atoms with Crippen LogP contribution in [0, 0.1) is 0 Å². The molecular formula is C23H27NO6. The summed E-state index contributed by atoms with van der Waals surface area (Å²) in [5, 5.41) is 2.74. The zero-order valence-corrected chi connectivity index (χ0v) is 17.9. The van der Waals surface area contributed by atoms with E-state index in [0.717, 1.165) is 5.56 Å². The van der Waals surface area contributed by atoms with Crippen LogP contribution in [0.3, 0.4) is 0 Å². The van der Waals surface area contributed by atoms with Crippen LogP contribution in [0.1, 0.15) is 28.4 Å². The topological polar surface area (TPSA) is 83.1 Å². The van der Waals surface area contributed by atoms with Gasteiger partial charge in [0.05, 0.1) is 28.4 Å². The lowest BCUT2D eigenvalue weighted by atomic mass is 9.98. The molecule has 0 aliphatic heterocycles. The van der Waals surface area contributed by atoms with Gasteiger partial charge in [-0.25, -0.2) is 0 Å². The molecule has 0 saturated carbocycles. The van der Waals surface area contributed by atoms with E-state index in [4.69, 9.17) is 18.9 Å². The highest BCUT2D eigenvalue weighted by Gasteiger charge is 2.16. The van der Waals surface area contributed by atoms with Crippen molar-refractivity contribution in [2.24, 2.45) is 0 Å².